The molecule has 0 bridgehead atoms. The summed E-state index contributed by atoms with van der Waals surface area (Å²) >= 11 is 0. The van der Waals surface area contributed by atoms with Crippen LogP contribution in [0.3, 0.4) is 0 Å². The van der Waals surface area contributed by atoms with Gasteiger partial charge in [0.2, 0.25) is 0 Å². The minimum Gasteiger partial charge on any atom is -0.378 e. The third kappa shape index (κ3) is 5.39. The van der Waals surface area contributed by atoms with Gasteiger partial charge in [-0.2, -0.15) is 0 Å². The second-order valence-corrected chi connectivity index (χ2v) is 6.65. The summed E-state index contributed by atoms with van der Waals surface area (Å²) in [7, 11) is 0. The molecule has 1 fully saturated rings. The molecule has 0 radical (unpaired) electrons. The molecule has 0 aromatic heterocycles. The monoisotopic (exact) mass is 241 g/mol. The Morgan fingerprint density at radius 1 is 1.18 bits per heavy atom. The molecule has 2 heteroatoms. The summed E-state index contributed by atoms with van der Waals surface area (Å²) in [6, 6.07) is 0. The number of hydrogen-bond donors (Lipinski definition) is 1. The standard InChI is InChI=1S/C15H31NO/c1-6-16-10-15(4,5)11-17-14-8-7-12(2)13(3)9-14/h12-14,16H,6-11H2,1-5H3. The lowest BCUT2D eigenvalue weighted by Gasteiger charge is -2.34. The summed E-state index contributed by atoms with van der Waals surface area (Å²) in [5.41, 5.74) is 0.252. The molecule has 0 aliphatic heterocycles. The van der Waals surface area contributed by atoms with Gasteiger partial charge in [-0.3, -0.25) is 0 Å². The van der Waals surface area contributed by atoms with Gasteiger partial charge in [0, 0.05) is 12.0 Å². The molecule has 3 unspecified atom stereocenters. The quantitative estimate of drug-likeness (QED) is 0.769. The first-order chi connectivity index (χ1) is 7.94. The highest BCUT2D eigenvalue weighted by Crippen LogP contribution is 2.31. The van der Waals surface area contributed by atoms with E-state index in [2.05, 4.69) is 39.9 Å². The van der Waals surface area contributed by atoms with Gasteiger partial charge in [-0.25, -0.2) is 0 Å². The van der Waals surface area contributed by atoms with Crippen molar-refractivity contribution in [3.8, 4) is 0 Å². The highest BCUT2D eigenvalue weighted by molar-refractivity contribution is 4.77. The van der Waals surface area contributed by atoms with Crippen LogP contribution in [0.1, 0.15) is 53.9 Å². The summed E-state index contributed by atoms with van der Waals surface area (Å²) in [6.07, 6.45) is 4.34. The Hall–Kier alpha value is -0.0800. The molecule has 1 rings (SSSR count). The Kier molecular flexibility index (Phi) is 5.94. The number of rotatable bonds is 6. The van der Waals surface area contributed by atoms with Crippen molar-refractivity contribution in [2.75, 3.05) is 19.7 Å². The van der Waals surface area contributed by atoms with Gasteiger partial charge in [0.1, 0.15) is 0 Å². The van der Waals surface area contributed by atoms with E-state index in [0.29, 0.717) is 6.10 Å². The maximum atomic E-state index is 6.12. The predicted molar refractivity (Wildman–Crippen MR) is 74.2 cm³/mol. The van der Waals surface area contributed by atoms with Gasteiger partial charge in [-0.15, -0.1) is 0 Å². The molecular formula is C15H31NO. The molecule has 1 saturated carbocycles. The van der Waals surface area contributed by atoms with Crippen LogP contribution in [0.25, 0.3) is 0 Å². The van der Waals surface area contributed by atoms with Crippen LogP contribution in [-0.4, -0.2) is 25.8 Å². The van der Waals surface area contributed by atoms with E-state index >= 15 is 0 Å². The van der Waals surface area contributed by atoms with Crippen molar-refractivity contribution in [1.82, 2.24) is 5.32 Å². The summed E-state index contributed by atoms with van der Waals surface area (Å²) in [5.74, 6) is 1.70. The molecule has 0 aromatic rings. The summed E-state index contributed by atoms with van der Waals surface area (Å²) in [6.45, 7) is 14.4. The van der Waals surface area contributed by atoms with E-state index in [1.807, 2.05) is 0 Å². The van der Waals surface area contributed by atoms with Crippen LogP contribution in [0, 0.1) is 17.3 Å². The second kappa shape index (κ2) is 6.75. The predicted octanol–water partition coefficient (Wildman–Crippen LogP) is 3.46. The van der Waals surface area contributed by atoms with Crippen molar-refractivity contribution < 1.29 is 4.74 Å². The second-order valence-electron chi connectivity index (χ2n) is 6.65. The average molecular weight is 241 g/mol. The van der Waals surface area contributed by atoms with Crippen molar-refractivity contribution in [3.63, 3.8) is 0 Å². The van der Waals surface area contributed by atoms with Crippen molar-refractivity contribution in [1.29, 1.82) is 0 Å². The minimum absolute atomic E-state index is 0.252. The zero-order chi connectivity index (χ0) is 12.9. The molecule has 2 nitrogen and oxygen atoms in total. The fourth-order valence-electron chi connectivity index (χ4n) is 2.51. The van der Waals surface area contributed by atoms with E-state index in [-0.39, 0.29) is 5.41 Å². The average Bonchev–Trinajstić information content (AvgIpc) is 2.28. The van der Waals surface area contributed by atoms with Gasteiger partial charge in [-0.05, 0) is 37.6 Å². The number of hydrogen-bond acceptors (Lipinski definition) is 2. The fourth-order valence-corrected chi connectivity index (χ4v) is 2.51. The van der Waals surface area contributed by atoms with Gasteiger partial charge in [0.05, 0.1) is 12.7 Å². The molecular weight excluding hydrogens is 210 g/mol. The first kappa shape index (κ1) is 15.0. The maximum Gasteiger partial charge on any atom is 0.0578 e. The summed E-state index contributed by atoms with van der Waals surface area (Å²) < 4.78 is 6.12. The van der Waals surface area contributed by atoms with Crippen molar-refractivity contribution >= 4 is 0 Å². The van der Waals surface area contributed by atoms with Gasteiger partial charge in [0.25, 0.3) is 0 Å². The molecule has 0 heterocycles. The van der Waals surface area contributed by atoms with E-state index in [9.17, 15) is 0 Å². The fraction of sp³-hybridized carbons (Fsp3) is 1.00. The van der Waals surface area contributed by atoms with Crippen molar-refractivity contribution in [3.05, 3.63) is 0 Å². The van der Waals surface area contributed by atoms with Crippen LogP contribution < -0.4 is 5.32 Å². The Labute approximate surface area is 108 Å². The highest BCUT2D eigenvalue weighted by Gasteiger charge is 2.27. The van der Waals surface area contributed by atoms with E-state index in [0.717, 1.165) is 31.5 Å². The first-order valence-corrected chi connectivity index (χ1v) is 7.27. The van der Waals surface area contributed by atoms with Crippen molar-refractivity contribution in [2.45, 2.75) is 60.0 Å². The molecule has 1 N–H and O–H groups in total. The molecule has 1 aliphatic carbocycles. The molecule has 17 heavy (non-hydrogen) atoms. The molecule has 0 saturated heterocycles. The van der Waals surface area contributed by atoms with Gasteiger partial charge < -0.3 is 10.1 Å². The molecule has 0 amide bonds. The van der Waals surface area contributed by atoms with Crippen LogP contribution in [0.4, 0.5) is 0 Å². The Morgan fingerprint density at radius 3 is 2.47 bits per heavy atom. The Balaban J connectivity index is 2.26. The van der Waals surface area contributed by atoms with E-state index in [1.54, 1.807) is 0 Å². The molecule has 1 aliphatic rings. The largest absolute Gasteiger partial charge is 0.378 e. The van der Waals surface area contributed by atoms with Gasteiger partial charge in [-0.1, -0.05) is 34.6 Å². The molecule has 0 spiro atoms. The van der Waals surface area contributed by atoms with E-state index < -0.39 is 0 Å². The minimum atomic E-state index is 0.252. The normalized spacial score (nSPS) is 30.5. The van der Waals surface area contributed by atoms with E-state index in [4.69, 9.17) is 4.74 Å². The lowest BCUT2D eigenvalue weighted by Crippen LogP contribution is -2.36. The lowest BCUT2D eigenvalue weighted by atomic mass is 9.80. The SMILES string of the molecule is CCNCC(C)(C)COC1CCC(C)C(C)C1. The van der Waals surface area contributed by atoms with Crippen LogP contribution >= 0.6 is 0 Å². The maximum absolute atomic E-state index is 6.12. The van der Waals surface area contributed by atoms with Crippen LogP contribution in [0.5, 0.6) is 0 Å². The highest BCUT2D eigenvalue weighted by atomic mass is 16.5. The Bertz CT molecular complexity index is 215. The van der Waals surface area contributed by atoms with Crippen molar-refractivity contribution in [2.24, 2.45) is 17.3 Å². The lowest BCUT2D eigenvalue weighted by molar-refractivity contribution is -0.0322. The molecule has 102 valence electrons. The third-order valence-electron chi connectivity index (χ3n) is 4.11. The third-order valence-corrected chi connectivity index (χ3v) is 4.11. The van der Waals surface area contributed by atoms with Gasteiger partial charge in [0.15, 0.2) is 0 Å². The summed E-state index contributed by atoms with van der Waals surface area (Å²) in [5, 5.41) is 3.41. The first-order valence-electron chi connectivity index (χ1n) is 7.27. The van der Waals surface area contributed by atoms with Crippen LogP contribution in [-0.2, 0) is 4.74 Å². The van der Waals surface area contributed by atoms with Gasteiger partial charge >= 0.3 is 0 Å². The smallest absolute Gasteiger partial charge is 0.0578 e. The van der Waals surface area contributed by atoms with E-state index in [1.165, 1.54) is 19.3 Å². The number of nitrogens with one attached hydrogen (secondary N) is 1. The molecule has 0 aromatic carbocycles. The Morgan fingerprint density at radius 2 is 1.88 bits per heavy atom. The summed E-state index contributed by atoms with van der Waals surface area (Å²) in [4.78, 5) is 0. The van der Waals surface area contributed by atoms with Crippen LogP contribution in [0.2, 0.25) is 0 Å². The van der Waals surface area contributed by atoms with Crippen LogP contribution in [0.15, 0.2) is 0 Å². The zero-order valence-electron chi connectivity index (χ0n) is 12.4. The number of ether oxygens (including phenoxy) is 1. The zero-order valence-corrected chi connectivity index (χ0v) is 12.4. The topological polar surface area (TPSA) is 21.3 Å². The molecule has 3 atom stereocenters.